The Hall–Kier alpha value is -2.35. The summed E-state index contributed by atoms with van der Waals surface area (Å²) in [5.74, 6) is -4.52. The minimum Gasteiger partial charge on any atom is -0.464 e. The fraction of sp³-hybridized carbons (Fsp3) is 0.353. The lowest BCUT2D eigenvalue weighted by Gasteiger charge is -2.26. The largest absolute Gasteiger partial charge is 0.464 e. The molecule has 0 N–H and O–H groups in total. The quantitative estimate of drug-likeness (QED) is 0.419. The maximum absolute atomic E-state index is 13.2. The molecule has 5 nitrogen and oxygen atoms in total. The van der Waals surface area contributed by atoms with E-state index in [-0.39, 0.29) is 0 Å². The molecule has 136 valence electrons. The molecule has 0 heterocycles. The van der Waals surface area contributed by atoms with Gasteiger partial charge in [0.15, 0.2) is 18.2 Å². The summed E-state index contributed by atoms with van der Waals surface area (Å²) in [6.07, 6.45) is 1.65. The van der Waals surface area contributed by atoms with E-state index in [0.717, 1.165) is 19.1 Å². The lowest BCUT2D eigenvalue weighted by Crippen LogP contribution is -2.41. The Morgan fingerprint density at radius 1 is 1.20 bits per heavy atom. The number of Topliss-reactive ketones (excluding diaryl/α,β-unsaturated/α-hetero) is 1. The number of hydrogen-bond acceptors (Lipinski definition) is 5. The van der Waals surface area contributed by atoms with Crippen molar-refractivity contribution in [2.24, 2.45) is 0 Å². The van der Waals surface area contributed by atoms with Crippen LogP contribution < -0.4 is 0 Å². The van der Waals surface area contributed by atoms with Crippen molar-refractivity contribution < 1.29 is 32.6 Å². The molecule has 0 saturated heterocycles. The lowest BCUT2D eigenvalue weighted by atomic mass is 10.2. The predicted molar refractivity (Wildman–Crippen MR) is 90.1 cm³/mol. The van der Waals surface area contributed by atoms with Gasteiger partial charge in [-0.15, -0.1) is 0 Å². The first-order valence-corrected chi connectivity index (χ1v) is 10.7. The lowest BCUT2D eigenvalue weighted by molar-refractivity contribution is -0.162. The summed E-state index contributed by atoms with van der Waals surface area (Å²) in [5.41, 5.74) is 1.87. The third kappa shape index (κ3) is 6.58. The molecule has 0 bridgehead atoms. The number of ether oxygens (including phenoxy) is 2. The first kappa shape index (κ1) is 20.7. The Balaban J connectivity index is 2.65. The molecule has 0 radical (unpaired) electrons. The summed E-state index contributed by atoms with van der Waals surface area (Å²) >= 11 is 0. The van der Waals surface area contributed by atoms with E-state index in [1.54, 1.807) is 13.0 Å². The number of carbonyl (C=O) groups excluding carboxylic acids is 3. The third-order valence-corrected chi connectivity index (χ3v) is 6.85. The number of hydrogen-bond donors (Lipinski definition) is 0. The molecule has 1 atom stereocenters. The molecule has 1 unspecified atom stereocenters. The SMILES string of the molecule is CC(=O)C(=O)OCC(=O)OC(C)[Si](C)(C)/C=C/c1ccc(F)c(F)c1. The van der Waals surface area contributed by atoms with Gasteiger partial charge >= 0.3 is 11.9 Å². The highest BCUT2D eigenvalue weighted by Gasteiger charge is 2.29. The molecule has 0 aliphatic carbocycles. The average Bonchev–Trinajstić information content (AvgIpc) is 2.53. The Kier molecular flexibility index (Phi) is 7.17. The molecule has 0 aliphatic rings. The highest BCUT2D eigenvalue weighted by molar-refractivity contribution is 6.83. The summed E-state index contributed by atoms with van der Waals surface area (Å²) in [6, 6.07) is 3.56. The van der Waals surface area contributed by atoms with E-state index in [9.17, 15) is 23.2 Å². The molecular weight excluding hydrogens is 350 g/mol. The van der Waals surface area contributed by atoms with Crippen LogP contribution in [0.4, 0.5) is 8.78 Å². The average molecular weight is 370 g/mol. The number of esters is 2. The summed E-state index contributed by atoms with van der Waals surface area (Å²) in [5, 5.41) is 0. The van der Waals surface area contributed by atoms with Crippen LogP contribution in [0.25, 0.3) is 6.08 Å². The normalized spacial score (nSPS) is 12.7. The van der Waals surface area contributed by atoms with Crippen molar-refractivity contribution in [3.05, 3.63) is 41.1 Å². The smallest absolute Gasteiger partial charge is 0.374 e. The zero-order valence-electron chi connectivity index (χ0n) is 14.5. The molecule has 25 heavy (non-hydrogen) atoms. The Labute approximate surface area is 145 Å². The predicted octanol–water partition coefficient (Wildman–Crippen LogP) is 2.83. The fourth-order valence-electron chi connectivity index (χ4n) is 1.67. The molecule has 0 aliphatic heterocycles. The van der Waals surface area contributed by atoms with E-state index >= 15 is 0 Å². The van der Waals surface area contributed by atoms with Crippen LogP contribution in [0.5, 0.6) is 0 Å². The van der Waals surface area contributed by atoms with Gasteiger partial charge in [0.2, 0.25) is 5.78 Å². The van der Waals surface area contributed by atoms with Crippen LogP contribution in [0.3, 0.4) is 0 Å². The second-order valence-electron chi connectivity index (χ2n) is 6.09. The first-order chi connectivity index (χ1) is 11.5. The zero-order valence-corrected chi connectivity index (χ0v) is 15.5. The van der Waals surface area contributed by atoms with Gasteiger partial charge in [0.05, 0.1) is 5.73 Å². The number of halogens is 2. The highest BCUT2D eigenvalue weighted by Crippen LogP contribution is 2.17. The Bertz CT molecular complexity index is 700. The van der Waals surface area contributed by atoms with Crippen LogP contribution in [0, 0.1) is 11.6 Å². The number of rotatable bonds is 7. The number of ketones is 1. The zero-order chi connectivity index (χ0) is 19.2. The summed E-state index contributed by atoms with van der Waals surface area (Å²) in [6.45, 7) is 5.94. The first-order valence-electron chi connectivity index (χ1n) is 7.54. The maximum atomic E-state index is 13.2. The molecule has 1 rings (SSSR count). The Morgan fingerprint density at radius 2 is 1.84 bits per heavy atom. The number of benzene rings is 1. The van der Waals surface area contributed by atoms with Crippen LogP contribution in [0.15, 0.2) is 23.9 Å². The van der Waals surface area contributed by atoms with E-state index in [1.165, 1.54) is 6.07 Å². The van der Waals surface area contributed by atoms with Gasteiger partial charge in [-0.25, -0.2) is 18.4 Å². The van der Waals surface area contributed by atoms with Crippen LogP contribution in [0.1, 0.15) is 19.4 Å². The van der Waals surface area contributed by atoms with Gasteiger partial charge in [0.1, 0.15) is 8.07 Å². The third-order valence-electron chi connectivity index (χ3n) is 3.61. The van der Waals surface area contributed by atoms with Crippen molar-refractivity contribution in [3.63, 3.8) is 0 Å². The molecule has 0 aromatic heterocycles. The molecular formula is C17H20F2O5Si. The standard InChI is InChI=1S/C17H20F2O5Si/c1-11(20)17(22)23-10-16(21)24-12(2)25(3,4)8-7-13-5-6-14(18)15(19)9-13/h5-9,12H,10H2,1-4H3/b8-7+. The van der Waals surface area contributed by atoms with Gasteiger partial charge in [0, 0.05) is 6.92 Å². The molecule has 0 fully saturated rings. The van der Waals surface area contributed by atoms with Crippen molar-refractivity contribution >= 4 is 31.9 Å². The molecule has 0 saturated carbocycles. The molecule has 0 amide bonds. The molecule has 1 aromatic carbocycles. The van der Waals surface area contributed by atoms with Gasteiger partial charge in [-0.1, -0.05) is 30.9 Å². The van der Waals surface area contributed by atoms with E-state index in [2.05, 4.69) is 4.74 Å². The van der Waals surface area contributed by atoms with Crippen molar-refractivity contribution in [2.75, 3.05) is 6.61 Å². The maximum Gasteiger partial charge on any atom is 0.374 e. The van der Waals surface area contributed by atoms with Crippen molar-refractivity contribution in [3.8, 4) is 0 Å². The van der Waals surface area contributed by atoms with Crippen molar-refractivity contribution in [2.45, 2.75) is 32.7 Å². The second kappa shape index (κ2) is 8.66. The summed E-state index contributed by atoms with van der Waals surface area (Å²) in [4.78, 5) is 33.4. The summed E-state index contributed by atoms with van der Waals surface area (Å²) in [7, 11) is -2.21. The second-order valence-corrected chi connectivity index (χ2v) is 10.9. The summed E-state index contributed by atoms with van der Waals surface area (Å²) < 4.78 is 35.8. The van der Waals surface area contributed by atoms with E-state index in [4.69, 9.17) is 4.74 Å². The van der Waals surface area contributed by atoms with Gasteiger partial charge in [0.25, 0.3) is 0 Å². The minimum atomic E-state index is -2.21. The van der Waals surface area contributed by atoms with Crippen LogP contribution in [0.2, 0.25) is 13.1 Å². The van der Waals surface area contributed by atoms with Crippen LogP contribution in [-0.4, -0.2) is 38.1 Å². The van der Waals surface area contributed by atoms with Gasteiger partial charge in [-0.05, 0) is 24.6 Å². The van der Waals surface area contributed by atoms with Crippen LogP contribution >= 0.6 is 0 Å². The molecule has 0 spiro atoms. The monoisotopic (exact) mass is 370 g/mol. The fourth-order valence-corrected chi connectivity index (χ4v) is 3.00. The van der Waals surface area contributed by atoms with Gasteiger partial charge in [-0.2, -0.15) is 0 Å². The van der Waals surface area contributed by atoms with E-state index in [0.29, 0.717) is 5.56 Å². The van der Waals surface area contributed by atoms with Crippen molar-refractivity contribution in [1.29, 1.82) is 0 Å². The highest BCUT2D eigenvalue weighted by atomic mass is 28.3. The van der Waals surface area contributed by atoms with Gasteiger partial charge < -0.3 is 9.47 Å². The number of carbonyl (C=O) groups is 3. The molecule has 1 aromatic rings. The topological polar surface area (TPSA) is 69.7 Å². The molecule has 8 heteroatoms. The van der Waals surface area contributed by atoms with E-state index in [1.807, 2.05) is 18.8 Å². The van der Waals surface area contributed by atoms with E-state index < -0.39 is 49.8 Å². The van der Waals surface area contributed by atoms with Crippen LogP contribution in [-0.2, 0) is 23.9 Å². The van der Waals surface area contributed by atoms with Gasteiger partial charge in [-0.3, -0.25) is 4.79 Å². The minimum absolute atomic E-state index is 0.461. The Morgan fingerprint density at radius 3 is 2.40 bits per heavy atom. The van der Waals surface area contributed by atoms with Crippen molar-refractivity contribution in [1.82, 2.24) is 0 Å².